The smallest absolute Gasteiger partial charge is 0.223 e. The van der Waals surface area contributed by atoms with Gasteiger partial charge >= 0.3 is 0 Å². The maximum Gasteiger partial charge on any atom is 0.223 e. The lowest BCUT2D eigenvalue weighted by Crippen LogP contribution is -2.37. The molecule has 0 bridgehead atoms. The molecule has 0 saturated carbocycles. The highest BCUT2D eigenvalue weighted by atomic mass is 16.1. The number of hydrogen-bond donors (Lipinski definition) is 1. The summed E-state index contributed by atoms with van der Waals surface area (Å²) in [5.41, 5.74) is 2.54. The molecule has 2 heteroatoms. The number of carbonyl (C=O) groups is 1. The van der Waals surface area contributed by atoms with Crippen molar-refractivity contribution in [3.8, 4) is 0 Å². The molecule has 0 aliphatic carbocycles. The molecule has 1 amide bonds. The summed E-state index contributed by atoms with van der Waals surface area (Å²) in [5.74, 6) is 0.406. The lowest BCUT2D eigenvalue weighted by Gasteiger charge is -2.21. The van der Waals surface area contributed by atoms with Crippen LogP contribution in [0.2, 0.25) is 0 Å². The first kappa shape index (κ1) is 10.2. The normalized spacial score (nSPS) is 21.1. The fourth-order valence-electron chi connectivity index (χ4n) is 2.04. The van der Waals surface area contributed by atoms with Crippen molar-refractivity contribution in [1.82, 2.24) is 5.32 Å². The van der Waals surface area contributed by atoms with Crippen molar-refractivity contribution < 1.29 is 4.79 Å². The van der Waals surface area contributed by atoms with E-state index >= 15 is 0 Å². The van der Waals surface area contributed by atoms with Gasteiger partial charge in [-0.1, -0.05) is 29.8 Å². The van der Waals surface area contributed by atoms with Gasteiger partial charge in [0.05, 0.1) is 0 Å². The van der Waals surface area contributed by atoms with Gasteiger partial charge in [-0.25, -0.2) is 0 Å². The molecule has 1 N–H and O–H groups in total. The summed E-state index contributed by atoms with van der Waals surface area (Å²) in [6, 6.07) is 8.46. The Bertz CT molecular complexity index is 342. The molecule has 1 saturated heterocycles. The van der Waals surface area contributed by atoms with Crippen LogP contribution in [0, 0.1) is 12.8 Å². The Morgan fingerprint density at radius 2 is 2.07 bits per heavy atom. The lowest BCUT2D eigenvalue weighted by atomic mass is 9.91. The number of nitrogens with one attached hydrogen (secondary N) is 1. The minimum absolute atomic E-state index is 0.182. The molecule has 1 aromatic rings. The number of hydrogen-bond acceptors (Lipinski definition) is 1. The molecule has 1 aliphatic rings. The van der Waals surface area contributed by atoms with E-state index in [1.165, 1.54) is 11.1 Å². The maximum atomic E-state index is 11.6. The minimum atomic E-state index is 0.182. The Morgan fingerprint density at radius 1 is 1.33 bits per heavy atom. The zero-order chi connectivity index (χ0) is 10.7. The second-order valence-electron chi connectivity index (χ2n) is 4.32. The summed E-state index contributed by atoms with van der Waals surface area (Å²) in [6.07, 6.45) is 3.02. The molecule has 15 heavy (non-hydrogen) atoms. The number of benzene rings is 1. The van der Waals surface area contributed by atoms with Gasteiger partial charge in [0.1, 0.15) is 0 Å². The zero-order valence-electron chi connectivity index (χ0n) is 9.12. The Kier molecular flexibility index (Phi) is 3.05. The van der Waals surface area contributed by atoms with Crippen molar-refractivity contribution in [3.63, 3.8) is 0 Å². The second-order valence-corrected chi connectivity index (χ2v) is 4.32. The van der Waals surface area contributed by atoms with Crippen molar-refractivity contribution in [3.05, 3.63) is 35.4 Å². The molecule has 1 unspecified atom stereocenters. The van der Waals surface area contributed by atoms with E-state index in [4.69, 9.17) is 0 Å². The average molecular weight is 203 g/mol. The van der Waals surface area contributed by atoms with E-state index in [0.29, 0.717) is 0 Å². The van der Waals surface area contributed by atoms with Crippen LogP contribution in [-0.2, 0) is 11.2 Å². The number of carbonyl (C=O) groups excluding carboxylic acids is 1. The molecule has 0 aromatic heterocycles. The first-order valence-electron chi connectivity index (χ1n) is 5.59. The zero-order valence-corrected chi connectivity index (χ0v) is 9.12. The van der Waals surface area contributed by atoms with Crippen LogP contribution in [0.4, 0.5) is 0 Å². The molecule has 1 aromatic carbocycles. The summed E-state index contributed by atoms with van der Waals surface area (Å²) < 4.78 is 0. The standard InChI is InChI=1S/C13H17NO/c1-10-4-6-11(7-5-10)9-12-3-2-8-14-13(12)15/h4-7,12H,2-3,8-9H2,1H3,(H,14,15). The fraction of sp³-hybridized carbons (Fsp3) is 0.462. The van der Waals surface area contributed by atoms with Crippen LogP contribution < -0.4 is 5.32 Å². The number of rotatable bonds is 2. The van der Waals surface area contributed by atoms with Gasteiger partial charge in [0.15, 0.2) is 0 Å². The molecular weight excluding hydrogens is 186 g/mol. The molecular formula is C13H17NO. The summed E-state index contributed by atoms with van der Waals surface area (Å²) in [4.78, 5) is 11.6. The summed E-state index contributed by atoms with van der Waals surface area (Å²) in [7, 11) is 0. The average Bonchev–Trinajstić information content (AvgIpc) is 2.25. The van der Waals surface area contributed by atoms with Crippen molar-refractivity contribution in [1.29, 1.82) is 0 Å². The topological polar surface area (TPSA) is 29.1 Å². The molecule has 0 spiro atoms. The van der Waals surface area contributed by atoms with Gasteiger partial charge in [0.25, 0.3) is 0 Å². The van der Waals surface area contributed by atoms with Gasteiger partial charge in [0.2, 0.25) is 5.91 Å². The monoisotopic (exact) mass is 203 g/mol. The Hall–Kier alpha value is -1.31. The second kappa shape index (κ2) is 4.47. The fourth-order valence-corrected chi connectivity index (χ4v) is 2.04. The Balaban J connectivity index is 2.01. The van der Waals surface area contributed by atoms with E-state index in [9.17, 15) is 4.79 Å². The van der Waals surface area contributed by atoms with Gasteiger partial charge in [-0.3, -0.25) is 4.79 Å². The van der Waals surface area contributed by atoms with E-state index in [1.807, 2.05) is 0 Å². The SMILES string of the molecule is Cc1ccc(CC2CCCNC2=O)cc1. The predicted octanol–water partition coefficient (Wildman–Crippen LogP) is 2.06. The van der Waals surface area contributed by atoms with Crippen LogP contribution >= 0.6 is 0 Å². The Labute approximate surface area is 90.7 Å². The van der Waals surface area contributed by atoms with Crippen LogP contribution in [-0.4, -0.2) is 12.5 Å². The van der Waals surface area contributed by atoms with Gasteiger partial charge in [-0.15, -0.1) is 0 Å². The van der Waals surface area contributed by atoms with Crippen LogP contribution in [0.5, 0.6) is 0 Å². The van der Waals surface area contributed by atoms with E-state index in [-0.39, 0.29) is 11.8 Å². The summed E-state index contributed by atoms with van der Waals surface area (Å²) in [5, 5.41) is 2.92. The van der Waals surface area contributed by atoms with Gasteiger partial charge in [-0.05, 0) is 31.7 Å². The molecule has 1 aliphatic heterocycles. The van der Waals surface area contributed by atoms with Gasteiger partial charge < -0.3 is 5.32 Å². The highest BCUT2D eigenvalue weighted by molar-refractivity contribution is 5.79. The summed E-state index contributed by atoms with van der Waals surface area (Å²) in [6.45, 7) is 2.93. The number of amides is 1. The summed E-state index contributed by atoms with van der Waals surface area (Å²) >= 11 is 0. The van der Waals surface area contributed by atoms with Crippen molar-refractivity contribution >= 4 is 5.91 Å². The first-order chi connectivity index (χ1) is 7.25. The quantitative estimate of drug-likeness (QED) is 0.783. The molecule has 1 heterocycles. The molecule has 2 nitrogen and oxygen atoms in total. The van der Waals surface area contributed by atoms with Crippen LogP contribution in [0.1, 0.15) is 24.0 Å². The molecule has 0 radical (unpaired) electrons. The highest BCUT2D eigenvalue weighted by Crippen LogP contribution is 2.17. The third-order valence-corrected chi connectivity index (χ3v) is 3.00. The number of piperidine rings is 1. The van der Waals surface area contributed by atoms with E-state index in [0.717, 1.165) is 25.8 Å². The lowest BCUT2D eigenvalue weighted by molar-refractivity contribution is -0.126. The van der Waals surface area contributed by atoms with Crippen molar-refractivity contribution in [2.24, 2.45) is 5.92 Å². The highest BCUT2D eigenvalue weighted by Gasteiger charge is 2.21. The first-order valence-corrected chi connectivity index (χ1v) is 5.59. The van der Waals surface area contributed by atoms with E-state index in [2.05, 4.69) is 36.5 Å². The number of aryl methyl sites for hydroxylation is 1. The van der Waals surface area contributed by atoms with E-state index < -0.39 is 0 Å². The van der Waals surface area contributed by atoms with Crippen LogP contribution in [0.15, 0.2) is 24.3 Å². The van der Waals surface area contributed by atoms with Crippen LogP contribution in [0.25, 0.3) is 0 Å². The van der Waals surface area contributed by atoms with Crippen molar-refractivity contribution in [2.45, 2.75) is 26.2 Å². The maximum absolute atomic E-state index is 11.6. The van der Waals surface area contributed by atoms with Crippen molar-refractivity contribution in [2.75, 3.05) is 6.54 Å². The van der Waals surface area contributed by atoms with E-state index in [1.54, 1.807) is 0 Å². The molecule has 2 rings (SSSR count). The molecule has 1 fully saturated rings. The van der Waals surface area contributed by atoms with Gasteiger partial charge in [0, 0.05) is 12.5 Å². The molecule has 1 atom stereocenters. The van der Waals surface area contributed by atoms with Gasteiger partial charge in [-0.2, -0.15) is 0 Å². The van der Waals surface area contributed by atoms with Crippen LogP contribution in [0.3, 0.4) is 0 Å². The largest absolute Gasteiger partial charge is 0.356 e. The molecule has 80 valence electrons. The predicted molar refractivity (Wildman–Crippen MR) is 60.6 cm³/mol. The minimum Gasteiger partial charge on any atom is -0.356 e. The third-order valence-electron chi connectivity index (χ3n) is 3.00. The third kappa shape index (κ3) is 2.58. The Morgan fingerprint density at radius 3 is 2.73 bits per heavy atom.